The zero-order valence-corrected chi connectivity index (χ0v) is 16.1. The Balaban J connectivity index is 1.70. The lowest BCUT2D eigenvalue weighted by molar-refractivity contribution is 0.406. The summed E-state index contributed by atoms with van der Waals surface area (Å²) in [5.41, 5.74) is 7.39. The van der Waals surface area contributed by atoms with Crippen LogP contribution in [0.1, 0.15) is 22.9 Å². The van der Waals surface area contributed by atoms with E-state index < -0.39 is 17.3 Å². The summed E-state index contributed by atoms with van der Waals surface area (Å²) in [6, 6.07) is 8.65. The lowest BCUT2D eigenvalue weighted by Gasteiger charge is -2.14. The molecule has 0 saturated carbocycles. The predicted molar refractivity (Wildman–Crippen MR) is 103 cm³/mol. The maximum Gasteiger partial charge on any atom is 0.351 e. The number of nitrogens with zero attached hydrogens (tertiary/aromatic N) is 3. The largest absolute Gasteiger partial charge is 0.496 e. The van der Waals surface area contributed by atoms with Crippen LogP contribution in [0, 0.1) is 18.6 Å². The van der Waals surface area contributed by atoms with Crippen LogP contribution in [-0.4, -0.2) is 34.5 Å². The summed E-state index contributed by atoms with van der Waals surface area (Å²) in [5, 5.41) is 4.30. The van der Waals surface area contributed by atoms with Crippen molar-refractivity contribution in [3.63, 3.8) is 0 Å². The molecule has 0 aliphatic carbocycles. The van der Waals surface area contributed by atoms with E-state index in [9.17, 15) is 13.6 Å². The third kappa shape index (κ3) is 3.66. The lowest BCUT2D eigenvalue weighted by Crippen LogP contribution is -2.25. The number of aryl methyl sites for hydroxylation is 1. The highest BCUT2D eigenvalue weighted by atomic mass is 19.1. The monoisotopic (exact) mass is 401 g/mol. The van der Waals surface area contributed by atoms with Gasteiger partial charge >= 0.3 is 5.69 Å². The van der Waals surface area contributed by atoms with Crippen LogP contribution in [-0.2, 0) is 6.54 Å². The molecule has 0 radical (unpaired) electrons. The summed E-state index contributed by atoms with van der Waals surface area (Å²) < 4.78 is 35.5. The quantitative estimate of drug-likeness (QED) is 0.683. The molecule has 1 aromatic heterocycles. The van der Waals surface area contributed by atoms with Crippen molar-refractivity contribution in [3.05, 3.63) is 75.5 Å². The van der Waals surface area contributed by atoms with Gasteiger partial charge < -0.3 is 4.74 Å². The topological polar surface area (TPSA) is 73.1 Å². The van der Waals surface area contributed by atoms with Gasteiger partial charge in [0.1, 0.15) is 23.2 Å². The predicted octanol–water partition coefficient (Wildman–Crippen LogP) is 1.87. The number of rotatable bonds is 5. The van der Waals surface area contributed by atoms with Crippen molar-refractivity contribution in [2.75, 3.05) is 20.2 Å². The maximum atomic E-state index is 14.0. The van der Waals surface area contributed by atoms with Gasteiger partial charge in [-0.25, -0.2) is 13.6 Å². The number of hydrogen-bond donors (Lipinski definition) is 2. The van der Waals surface area contributed by atoms with Crippen molar-refractivity contribution in [3.8, 4) is 11.4 Å². The molecule has 152 valence electrons. The minimum Gasteiger partial charge on any atom is -0.496 e. The average molecular weight is 401 g/mol. The molecule has 2 heterocycles. The van der Waals surface area contributed by atoms with Crippen LogP contribution in [0.25, 0.3) is 5.69 Å². The molecule has 2 aromatic carbocycles. The Kier molecular flexibility index (Phi) is 5.16. The Morgan fingerprint density at radius 3 is 2.66 bits per heavy atom. The van der Waals surface area contributed by atoms with E-state index in [4.69, 9.17) is 4.74 Å². The van der Waals surface area contributed by atoms with Gasteiger partial charge in [0.15, 0.2) is 0 Å². The summed E-state index contributed by atoms with van der Waals surface area (Å²) in [5.74, 6) is 0.177. The van der Waals surface area contributed by atoms with Crippen LogP contribution in [0.15, 0.2) is 41.2 Å². The normalized spacial score (nSPS) is 14.5. The third-order valence-corrected chi connectivity index (χ3v) is 5.11. The van der Waals surface area contributed by atoms with Gasteiger partial charge in [-0.05, 0) is 36.8 Å². The van der Waals surface area contributed by atoms with E-state index in [2.05, 4.69) is 16.0 Å². The minimum atomic E-state index is -0.574. The smallest absolute Gasteiger partial charge is 0.351 e. The second kappa shape index (κ2) is 7.76. The second-order valence-corrected chi connectivity index (χ2v) is 6.95. The molecule has 1 aliphatic rings. The summed E-state index contributed by atoms with van der Waals surface area (Å²) >= 11 is 0. The fourth-order valence-electron chi connectivity index (χ4n) is 3.53. The first-order chi connectivity index (χ1) is 14.0. The minimum absolute atomic E-state index is 0.0870. The molecule has 0 bridgehead atoms. The second-order valence-electron chi connectivity index (χ2n) is 6.95. The molecule has 29 heavy (non-hydrogen) atoms. The number of benzene rings is 2. The van der Waals surface area contributed by atoms with Crippen LogP contribution in [0.5, 0.6) is 5.75 Å². The molecule has 3 aromatic rings. The van der Waals surface area contributed by atoms with Gasteiger partial charge in [0, 0.05) is 30.6 Å². The Bertz CT molecular complexity index is 1100. The fourth-order valence-corrected chi connectivity index (χ4v) is 3.53. The van der Waals surface area contributed by atoms with Crippen LogP contribution < -0.4 is 21.3 Å². The molecule has 0 atom stereocenters. The van der Waals surface area contributed by atoms with E-state index in [-0.39, 0.29) is 18.0 Å². The van der Waals surface area contributed by atoms with Crippen molar-refractivity contribution >= 4 is 0 Å². The van der Waals surface area contributed by atoms with Crippen molar-refractivity contribution in [1.82, 2.24) is 25.2 Å². The highest BCUT2D eigenvalue weighted by Crippen LogP contribution is 2.29. The number of halogens is 2. The number of aromatic nitrogens is 3. The Morgan fingerprint density at radius 2 is 1.93 bits per heavy atom. The van der Waals surface area contributed by atoms with E-state index in [0.29, 0.717) is 17.3 Å². The number of nitrogens with one attached hydrogen (secondary N) is 2. The van der Waals surface area contributed by atoms with Crippen LogP contribution in [0.4, 0.5) is 8.78 Å². The first-order valence-electron chi connectivity index (χ1n) is 9.22. The molecule has 2 N–H and O–H groups in total. The molecule has 0 amide bonds. The number of hydrazine groups is 1. The molecule has 1 saturated heterocycles. The summed E-state index contributed by atoms with van der Waals surface area (Å²) in [6.45, 7) is 3.10. The molecule has 0 unspecified atom stereocenters. The Labute approximate surface area is 165 Å². The zero-order valence-electron chi connectivity index (χ0n) is 16.1. The maximum absolute atomic E-state index is 14.0. The van der Waals surface area contributed by atoms with Gasteiger partial charge in [-0.15, -0.1) is 0 Å². The molecular formula is C20H21F2N5O2. The highest BCUT2D eigenvalue weighted by molar-refractivity contribution is 5.46. The third-order valence-electron chi connectivity index (χ3n) is 5.11. The van der Waals surface area contributed by atoms with Crippen LogP contribution in [0.3, 0.4) is 0 Å². The first kappa shape index (κ1) is 19.3. The molecular weight excluding hydrogens is 380 g/mol. The Morgan fingerprint density at radius 1 is 1.17 bits per heavy atom. The highest BCUT2D eigenvalue weighted by Gasteiger charge is 2.21. The van der Waals surface area contributed by atoms with E-state index in [1.165, 1.54) is 9.25 Å². The van der Waals surface area contributed by atoms with Crippen molar-refractivity contribution in [2.24, 2.45) is 0 Å². The van der Waals surface area contributed by atoms with Gasteiger partial charge in [-0.2, -0.15) is 9.78 Å². The molecule has 1 fully saturated rings. The number of ether oxygens (including phenoxy) is 1. The Hall–Kier alpha value is -3.04. The van der Waals surface area contributed by atoms with Gasteiger partial charge in [0.25, 0.3) is 0 Å². The van der Waals surface area contributed by atoms with E-state index in [1.54, 1.807) is 26.2 Å². The number of methoxy groups -OCH3 is 1. The van der Waals surface area contributed by atoms with Crippen molar-refractivity contribution < 1.29 is 13.5 Å². The summed E-state index contributed by atoms with van der Waals surface area (Å²) in [6.07, 6.45) is 0. The van der Waals surface area contributed by atoms with Crippen molar-refractivity contribution in [1.29, 1.82) is 0 Å². The van der Waals surface area contributed by atoms with Crippen LogP contribution >= 0.6 is 0 Å². The van der Waals surface area contributed by atoms with Gasteiger partial charge in [-0.1, -0.05) is 6.07 Å². The summed E-state index contributed by atoms with van der Waals surface area (Å²) in [7, 11) is 1.58. The van der Waals surface area contributed by atoms with E-state index >= 15 is 0 Å². The SMILES string of the molecule is COc1cc(-n2nc(C)n(Cc3cc(F)ccc3F)c2=O)ccc1C1CNNC1. The molecule has 0 spiro atoms. The zero-order chi connectivity index (χ0) is 20.5. The molecule has 7 nitrogen and oxygen atoms in total. The van der Waals surface area contributed by atoms with Gasteiger partial charge in [0.2, 0.25) is 0 Å². The van der Waals surface area contributed by atoms with Crippen molar-refractivity contribution in [2.45, 2.75) is 19.4 Å². The molecule has 9 heteroatoms. The lowest BCUT2D eigenvalue weighted by atomic mass is 9.99. The molecule has 1 aliphatic heterocycles. The average Bonchev–Trinajstić information content (AvgIpc) is 3.34. The van der Waals surface area contributed by atoms with Gasteiger partial charge in [0.05, 0.1) is 19.3 Å². The fraction of sp³-hybridized carbons (Fsp3) is 0.300. The summed E-state index contributed by atoms with van der Waals surface area (Å²) in [4.78, 5) is 12.9. The standard InChI is InChI=1S/C20H21F2N5O2/c1-12-25-27(20(28)26(12)11-13-7-15(21)3-6-18(13)22)16-4-5-17(19(8-16)29-2)14-9-23-24-10-14/h3-8,14,23-24H,9-11H2,1-2H3. The van der Waals surface area contributed by atoms with E-state index in [1.807, 2.05) is 6.07 Å². The van der Waals surface area contributed by atoms with E-state index in [0.717, 1.165) is 36.9 Å². The van der Waals surface area contributed by atoms with Crippen LogP contribution in [0.2, 0.25) is 0 Å². The number of hydrogen-bond acceptors (Lipinski definition) is 5. The first-order valence-corrected chi connectivity index (χ1v) is 9.22. The molecule has 4 rings (SSSR count). The van der Waals surface area contributed by atoms with Gasteiger partial charge in [-0.3, -0.25) is 15.4 Å².